The molecule has 0 saturated heterocycles. The van der Waals surface area contributed by atoms with Crippen LogP contribution in [0.5, 0.6) is 0 Å². The van der Waals surface area contributed by atoms with Gasteiger partial charge in [0.1, 0.15) is 0 Å². The number of nitrogens with one attached hydrogen (secondary N) is 2. The monoisotopic (exact) mass is 318 g/mol. The summed E-state index contributed by atoms with van der Waals surface area (Å²) in [5.41, 5.74) is 2.36. The molecule has 0 spiro atoms. The average molecular weight is 319 g/mol. The second kappa shape index (κ2) is 7.57. The lowest BCUT2D eigenvalue weighted by atomic mass is 10.0. The standard InChI is InChI=1S/C17H22N2S2/c1-4-13-7-9-14(10-8-13)18-17(20)19-16(12(2)3)15-6-5-11-21-15/h5-12,16H,4H2,1-3H3,(H2,18,19,20)/t16-/m0/s1. The van der Waals surface area contributed by atoms with Crippen LogP contribution < -0.4 is 10.6 Å². The molecule has 1 heterocycles. The van der Waals surface area contributed by atoms with Crippen molar-refractivity contribution in [1.29, 1.82) is 0 Å². The number of aryl methyl sites for hydroxylation is 1. The Balaban J connectivity index is 1.99. The number of hydrogen-bond acceptors (Lipinski definition) is 2. The van der Waals surface area contributed by atoms with E-state index >= 15 is 0 Å². The minimum Gasteiger partial charge on any atom is -0.355 e. The molecule has 1 atom stereocenters. The van der Waals surface area contributed by atoms with Gasteiger partial charge in [-0.15, -0.1) is 11.3 Å². The van der Waals surface area contributed by atoms with Crippen LogP contribution in [0.3, 0.4) is 0 Å². The number of thiophene rings is 1. The molecule has 0 radical (unpaired) electrons. The minimum atomic E-state index is 0.250. The lowest BCUT2D eigenvalue weighted by Gasteiger charge is -2.23. The van der Waals surface area contributed by atoms with E-state index in [0.29, 0.717) is 11.0 Å². The van der Waals surface area contributed by atoms with E-state index in [1.54, 1.807) is 11.3 Å². The molecule has 0 unspecified atom stereocenters. The number of hydrogen-bond donors (Lipinski definition) is 2. The van der Waals surface area contributed by atoms with Gasteiger partial charge >= 0.3 is 0 Å². The highest BCUT2D eigenvalue weighted by Gasteiger charge is 2.17. The summed E-state index contributed by atoms with van der Waals surface area (Å²) in [6.45, 7) is 6.56. The van der Waals surface area contributed by atoms with E-state index < -0.39 is 0 Å². The molecule has 0 fully saturated rings. The van der Waals surface area contributed by atoms with Gasteiger partial charge in [-0.2, -0.15) is 0 Å². The summed E-state index contributed by atoms with van der Waals surface area (Å²) in [4.78, 5) is 1.32. The van der Waals surface area contributed by atoms with E-state index in [2.05, 4.69) is 73.2 Å². The number of rotatable bonds is 5. The van der Waals surface area contributed by atoms with Crippen molar-refractivity contribution < 1.29 is 0 Å². The van der Waals surface area contributed by atoms with Gasteiger partial charge in [0.25, 0.3) is 0 Å². The van der Waals surface area contributed by atoms with Crippen molar-refractivity contribution >= 4 is 34.4 Å². The summed E-state index contributed by atoms with van der Waals surface area (Å²) in [5.74, 6) is 0.478. The Kier molecular flexibility index (Phi) is 5.76. The molecular weight excluding hydrogens is 296 g/mol. The van der Waals surface area contributed by atoms with E-state index in [4.69, 9.17) is 12.2 Å². The summed E-state index contributed by atoms with van der Waals surface area (Å²) in [6.07, 6.45) is 1.05. The van der Waals surface area contributed by atoms with Gasteiger partial charge in [0.2, 0.25) is 0 Å². The first-order valence-corrected chi connectivity index (χ1v) is 8.58. The van der Waals surface area contributed by atoms with Gasteiger partial charge in [0.05, 0.1) is 6.04 Å². The first-order valence-electron chi connectivity index (χ1n) is 7.30. The highest BCUT2D eigenvalue weighted by atomic mass is 32.1. The Hall–Kier alpha value is -1.39. The van der Waals surface area contributed by atoms with Crippen LogP contribution >= 0.6 is 23.6 Å². The number of anilines is 1. The summed E-state index contributed by atoms with van der Waals surface area (Å²) in [6, 6.07) is 12.9. The zero-order chi connectivity index (χ0) is 15.2. The minimum absolute atomic E-state index is 0.250. The van der Waals surface area contributed by atoms with Crippen LogP contribution in [0, 0.1) is 5.92 Å². The maximum absolute atomic E-state index is 5.45. The second-order valence-electron chi connectivity index (χ2n) is 5.39. The summed E-state index contributed by atoms with van der Waals surface area (Å²) < 4.78 is 0. The summed E-state index contributed by atoms with van der Waals surface area (Å²) >= 11 is 7.21. The molecule has 2 nitrogen and oxygen atoms in total. The number of benzene rings is 1. The molecule has 2 rings (SSSR count). The van der Waals surface area contributed by atoms with E-state index in [1.165, 1.54) is 10.4 Å². The molecule has 0 amide bonds. The SMILES string of the molecule is CCc1ccc(NC(=S)N[C@H](c2cccs2)C(C)C)cc1. The fourth-order valence-electron chi connectivity index (χ4n) is 2.17. The molecule has 1 aromatic carbocycles. The zero-order valence-electron chi connectivity index (χ0n) is 12.7. The third-order valence-electron chi connectivity index (χ3n) is 3.42. The Morgan fingerprint density at radius 1 is 1.19 bits per heavy atom. The normalized spacial score (nSPS) is 12.2. The van der Waals surface area contributed by atoms with E-state index in [9.17, 15) is 0 Å². The molecule has 4 heteroatoms. The third-order valence-corrected chi connectivity index (χ3v) is 4.60. The summed E-state index contributed by atoms with van der Waals surface area (Å²) in [7, 11) is 0. The van der Waals surface area contributed by atoms with Crippen LogP contribution in [0.2, 0.25) is 0 Å². The van der Waals surface area contributed by atoms with Gasteiger partial charge in [0, 0.05) is 10.6 Å². The van der Waals surface area contributed by atoms with Crippen molar-refractivity contribution in [3.63, 3.8) is 0 Å². The first-order chi connectivity index (χ1) is 10.1. The Bertz CT molecular complexity index is 559. The van der Waals surface area contributed by atoms with Gasteiger partial charge in [-0.3, -0.25) is 0 Å². The van der Waals surface area contributed by atoms with Crippen molar-refractivity contribution in [2.75, 3.05) is 5.32 Å². The molecule has 0 aliphatic carbocycles. The van der Waals surface area contributed by atoms with Crippen molar-refractivity contribution in [2.45, 2.75) is 33.2 Å². The summed E-state index contributed by atoms with van der Waals surface area (Å²) in [5, 5.41) is 9.47. The van der Waals surface area contributed by atoms with Crippen LogP contribution in [0.15, 0.2) is 41.8 Å². The maximum atomic E-state index is 5.45. The van der Waals surface area contributed by atoms with Gasteiger partial charge in [-0.05, 0) is 53.7 Å². The third kappa shape index (κ3) is 4.55. The van der Waals surface area contributed by atoms with Crippen LogP contribution in [0.1, 0.15) is 37.3 Å². The Morgan fingerprint density at radius 3 is 2.43 bits per heavy atom. The Labute approximate surface area is 136 Å². The molecule has 1 aromatic heterocycles. The van der Waals surface area contributed by atoms with E-state index in [1.807, 2.05) is 0 Å². The van der Waals surface area contributed by atoms with E-state index in [0.717, 1.165) is 12.1 Å². The lowest BCUT2D eigenvalue weighted by molar-refractivity contribution is 0.480. The lowest BCUT2D eigenvalue weighted by Crippen LogP contribution is -2.34. The highest BCUT2D eigenvalue weighted by molar-refractivity contribution is 7.80. The average Bonchev–Trinajstić information content (AvgIpc) is 2.99. The van der Waals surface area contributed by atoms with Crippen molar-refractivity contribution in [2.24, 2.45) is 5.92 Å². The quantitative estimate of drug-likeness (QED) is 0.759. The largest absolute Gasteiger partial charge is 0.355 e. The molecule has 112 valence electrons. The molecule has 0 bridgehead atoms. The van der Waals surface area contributed by atoms with Crippen molar-refractivity contribution in [1.82, 2.24) is 5.32 Å². The molecule has 0 aliphatic rings. The molecule has 0 aliphatic heterocycles. The second-order valence-corrected chi connectivity index (χ2v) is 6.77. The zero-order valence-corrected chi connectivity index (χ0v) is 14.4. The highest BCUT2D eigenvalue weighted by Crippen LogP contribution is 2.25. The van der Waals surface area contributed by atoms with Crippen LogP contribution in [0.25, 0.3) is 0 Å². The smallest absolute Gasteiger partial charge is 0.171 e. The van der Waals surface area contributed by atoms with Gasteiger partial charge in [-0.25, -0.2) is 0 Å². The maximum Gasteiger partial charge on any atom is 0.171 e. The van der Waals surface area contributed by atoms with Gasteiger partial charge in [0.15, 0.2) is 5.11 Å². The first kappa shape index (κ1) is 16.0. The van der Waals surface area contributed by atoms with Crippen molar-refractivity contribution in [3.05, 3.63) is 52.2 Å². The molecular formula is C17H22N2S2. The van der Waals surface area contributed by atoms with E-state index in [-0.39, 0.29) is 6.04 Å². The molecule has 2 aromatic rings. The van der Waals surface area contributed by atoms with Crippen molar-refractivity contribution in [3.8, 4) is 0 Å². The molecule has 21 heavy (non-hydrogen) atoms. The van der Waals surface area contributed by atoms with Crippen LogP contribution in [-0.4, -0.2) is 5.11 Å². The molecule has 2 N–H and O–H groups in total. The van der Waals surface area contributed by atoms with Gasteiger partial charge < -0.3 is 10.6 Å². The fraction of sp³-hybridized carbons (Fsp3) is 0.353. The predicted molar refractivity (Wildman–Crippen MR) is 97.1 cm³/mol. The fourth-order valence-corrected chi connectivity index (χ4v) is 3.36. The Morgan fingerprint density at radius 2 is 1.90 bits per heavy atom. The van der Waals surface area contributed by atoms with Crippen LogP contribution in [-0.2, 0) is 6.42 Å². The predicted octanol–water partition coefficient (Wildman–Crippen LogP) is 4.99. The van der Waals surface area contributed by atoms with Crippen LogP contribution in [0.4, 0.5) is 5.69 Å². The molecule has 0 saturated carbocycles. The topological polar surface area (TPSA) is 24.1 Å². The van der Waals surface area contributed by atoms with Gasteiger partial charge in [-0.1, -0.05) is 39.0 Å². The number of thiocarbonyl (C=S) groups is 1.